The van der Waals surface area contributed by atoms with Gasteiger partial charge in [0.25, 0.3) is 0 Å². The Bertz CT molecular complexity index is 630. The minimum Gasteiger partial charge on any atom is -0.479 e. The fourth-order valence-corrected chi connectivity index (χ4v) is 2.00. The summed E-state index contributed by atoms with van der Waals surface area (Å²) < 4.78 is 13.3. The minimum atomic E-state index is -1.43. The smallest absolute Gasteiger partial charge is 0.333 e. The number of hydrogen-bond donors (Lipinski definition) is 2. The van der Waals surface area contributed by atoms with Crippen molar-refractivity contribution in [3.05, 3.63) is 64.9 Å². The summed E-state index contributed by atoms with van der Waals surface area (Å²) in [5.74, 6) is -1.58. The average molecular weight is 294 g/mol. The SMILES string of the molecule is CC(Nc1ccc(Cl)cc1)(C(=O)O)c1cccc(F)c1. The molecule has 1 atom stereocenters. The summed E-state index contributed by atoms with van der Waals surface area (Å²) >= 11 is 5.79. The highest BCUT2D eigenvalue weighted by molar-refractivity contribution is 6.30. The zero-order valence-corrected chi connectivity index (χ0v) is 11.5. The molecule has 0 saturated carbocycles. The Kier molecular flexibility index (Phi) is 3.95. The molecule has 0 saturated heterocycles. The summed E-state index contributed by atoms with van der Waals surface area (Å²) in [6.07, 6.45) is 0. The maximum Gasteiger partial charge on any atom is 0.333 e. The molecule has 0 spiro atoms. The van der Waals surface area contributed by atoms with Crippen molar-refractivity contribution in [3.63, 3.8) is 0 Å². The summed E-state index contributed by atoms with van der Waals surface area (Å²) in [5, 5.41) is 12.9. The van der Waals surface area contributed by atoms with Gasteiger partial charge in [-0.1, -0.05) is 23.7 Å². The normalized spacial score (nSPS) is 13.6. The van der Waals surface area contributed by atoms with Crippen molar-refractivity contribution >= 4 is 23.3 Å². The number of rotatable bonds is 4. The third kappa shape index (κ3) is 2.91. The van der Waals surface area contributed by atoms with Gasteiger partial charge < -0.3 is 10.4 Å². The number of benzene rings is 2. The second-order valence-electron chi connectivity index (χ2n) is 4.57. The van der Waals surface area contributed by atoms with Crippen LogP contribution in [0.5, 0.6) is 0 Å². The number of carboxylic acid groups (broad SMARTS) is 1. The standard InChI is InChI=1S/C15H13ClFNO2/c1-15(14(19)20,10-3-2-4-12(17)9-10)18-13-7-5-11(16)6-8-13/h2-9,18H,1H3,(H,19,20). The van der Waals surface area contributed by atoms with Gasteiger partial charge in [0.2, 0.25) is 0 Å². The van der Waals surface area contributed by atoms with E-state index in [1.807, 2.05) is 0 Å². The van der Waals surface area contributed by atoms with Crippen LogP contribution in [0.2, 0.25) is 5.02 Å². The van der Waals surface area contributed by atoms with Gasteiger partial charge in [0.1, 0.15) is 5.82 Å². The molecular formula is C15H13ClFNO2. The summed E-state index contributed by atoms with van der Waals surface area (Å²) in [6, 6.07) is 12.2. The van der Waals surface area contributed by atoms with Crippen LogP contribution in [0, 0.1) is 5.82 Å². The van der Waals surface area contributed by atoms with Gasteiger partial charge in [-0.2, -0.15) is 0 Å². The topological polar surface area (TPSA) is 49.3 Å². The molecule has 0 aromatic heterocycles. The molecule has 2 aromatic rings. The molecule has 1 unspecified atom stereocenters. The third-order valence-electron chi connectivity index (χ3n) is 3.07. The lowest BCUT2D eigenvalue weighted by atomic mass is 9.91. The van der Waals surface area contributed by atoms with Gasteiger partial charge in [0.15, 0.2) is 5.54 Å². The van der Waals surface area contributed by atoms with Crippen molar-refractivity contribution in [1.29, 1.82) is 0 Å². The fourth-order valence-electron chi connectivity index (χ4n) is 1.87. The first kappa shape index (κ1) is 14.3. The maximum absolute atomic E-state index is 13.3. The highest BCUT2D eigenvalue weighted by Crippen LogP contribution is 2.27. The number of carbonyl (C=O) groups is 1. The van der Waals surface area contributed by atoms with E-state index in [0.29, 0.717) is 16.3 Å². The Balaban J connectivity index is 2.39. The van der Waals surface area contributed by atoms with E-state index >= 15 is 0 Å². The molecule has 0 amide bonds. The number of aliphatic carboxylic acids is 1. The van der Waals surface area contributed by atoms with Crippen LogP contribution in [0.25, 0.3) is 0 Å². The Morgan fingerprint density at radius 1 is 1.25 bits per heavy atom. The Hall–Kier alpha value is -2.07. The molecule has 0 aliphatic rings. The highest BCUT2D eigenvalue weighted by atomic mass is 35.5. The van der Waals surface area contributed by atoms with Crippen LogP contribution < -0.4 is 5.32 Å². The summed E-state index contributed by atoms with van der Waals surface area (Å²) in [5.41, 5.74) is -0.515. The van der Waals surface area contributed by atoms with E-state index in [-0.39, 0.29) is 0 Å². The van der Waals surface area contributed by atoms with Gasteiger partial charge in [0, 0.05) is 10.7 Å². The molecule has 0 radical (unpaired) electrons. The summed E-state index contributed by atoms with van der Waals surface area (Å²) in [6.45, 7) is 1.48. The average Bonchev–Trinajstić information content (AvgIpc) is 2.41. The molecule has 2 rings (SSSR count). The lowest BCUT2D eigenvalue weighted by Crippen LogP contribution is -2.40. The molecule has 0 fully saturated rings. The van der Waals surface area contributed by atoms with Crippen molar-refractivity contribution in [2.45, 2.75) is 12.5 Å². The summed E-state index contributed by atoms with van der Waals surface area (Å²) in [4.78, 5) is 11.6. The molecule has 3 nitrogen and oxygen atoms in total. The van der Waals surface area contributed by atoms with E-state index < -0.39 is 17.3 Å². The molecule has 0 aliphatic heterocycles. The van der Waals surface area contributed by atoms with Crippen LogP contribution in [-0.2, 0) is 10.3 Å². The lowest BCUT2D eigenvalue weighted by Gasteiger charge is -2.28. The van der Waals surface area contributed by atoms with E-state index in [0.717, 1.165) is 0 Å². The molecule has 2 N–H and O–H groups in total. The Labute approximate surface area is 121 Å². The Morgan fingerprint density at radius 2 is 1.90 bits per heavy atom. The molecular weight excluding hydrogens is 281 g/mol. The number of halogens is 2. The predicted octanol–water partition coefficient (Wildman–Crippen LogP) is 3.89. The lowest BCUT2D eigenvalue weighted by molar-refractivity contribution is -0.142. The highest BCUT2D eigenvalue weighted by Gasteiger charge is 2.35. The van der Waals surface area contributed by atoms with Crippen LogP contribution in [0.3, 0.4) is 0 Å². The first-order valence-electron chi connectivity index (χ1n) is 5.95. The van der Waals surface area contributed by atoms with Crippen LogP contribution in [0.15, 0.2) is 48.5 Å². The van der Waals surface area contributed by atoms with E-state index in [1.54, 1.807) is 30.3 Å². The van der Waals surface area contributed by atoms with Crippen molar-refractivity contribution in [2.24, 2.45) is 0 Å². The Morgan fingerprint density at radius 3 is 2.45 bits per heavy atom. The van der Waals surface area contributed by atoms with Gasteiger partial charge in [-0.05, 0) is 48.9 Å². The first-order chi connectivity index (χ1) is 9.41. The van der Waals surface area contributed by atoms with E-state index in [1.165, 1.54) is 25.1 Å². The van der Waals surface area contributed by atoms with Gasteiger partial charge in [0.05, 0.1) is 0 Å². The van der Waals surface area contributed by atoms with Crippen molar-refractivity contribution in [1.82, 2.24) is 0 Å². The molecule has 0 heterocycles. The number of anilines is 1. The van der Waals surface area contributed by atoms with Crippen molar-refractivity contribution < 1.29 is 14.3 Å². The van der Waals surface area contributed by atoms with E-state index in [2.05, 4.69) is 5.32 Å². The second kappa shape index (κ2) is 5.51. The zero-order valence-electron chi connectivity index (χ0n) is 10.7. The minimum absolute atomic E-state index is 0.333. The van der Waals surface area contributed by atoms with Crippen LogP contribution in [0.1, 0.15) is 12.5 Å². The van der Waals surface area contributed by atoms with Crippen LogP contribution >= 0.6 is 11.6 Å². The van der Waals surface area contributed by atoms with Gasteiger partial charge in [-0.3, -0.25) is 0 Å². The van der Waals surface area contributed by atoms with E-state index in [4.69, 9.17) is 11.6 Å². The zero-order chi connectivity index (χ0) is 14.8. The second-order valence-corrected chi connectivity index (χ2v) is 5.01. The molecule has 2 aromatic carbocycles. The molecule has 104 valence electrons. The molecule has 20 heavy (non-hydrogen) atoms. The third-order valence-corrected chi connectivity index (χ3v) is 3.32. The number of nitrogens with one attached hydrogen (secondary N) is 1. The predicted molar refractivity (Wildman–Crippen MR) is 76.5 cm³/mol. The van der Waals surface area contributed by atoms with Gasteiger partial charge in [-0.15, -0.1) is 0 Å². The first-order valence-corrected chi connectivity index (χ1v) is 6.33. The maximum atomic E-state index is 13.3. The number of hydrogen-bond acceptors (Lipinski definition) is 2. The quantitative estimate of drug-likeness (QED) is 0.899. The molecule has 5 heteroatoms. The molecule has 0 aliphatic carbocycles. The number of carboxylic acids is 1. The fraction of sp³-hybridized carbons (Fsp3) is 0.133. The van der Waals surface area contributed by atoms with Crippen LogP contribution in [0.4, 0.5) is 10.1 Å². The van der Waals surface area contributed by atoms with E-state index in [9.17, 15) is 14.3 Å². The van der Waals surface area contributed by atoms with Gasteiger partial charge >= 0.3 is 5.97 Å². The molecule has 0 bridgehead atoms. The summed E-state index contributed by atoms with van der Waals surface area (Å²) in [7, 11) is 0. The van der Waals surface area contributed by atoms with Crippen molar-refractivity contribution in [3.8, 4) is 0 Å². The monoisotopic (exact) mass is 293 g/mol. The van der Waals surface area contributed by atoms with Crippen molar-refractivity contribution in [2.75, 3.05) is 5.32 Å². The van der Waals surface area contributed by atoms with Gasteiger partial charge in [-0.25, -0.2) is 9.18 Å². The van der Waals surface area contributed by atoms with Crippen LogP contribution in [-0.4, -0.2) is 11.1 Å². The largest absolute Gasteiger partial charge is 0.479 e.